The van der Waals surface area contributed by atoms with Crippen molar-refractivity contribution in [2.75, 3.05) is 5.32 Å². The van der Waals surface area contributed by atoms with Crippen LogP contribution < -0.4 is 5.32 Å². The van der Waals surface area contributed by atoms with Crippen molar-refractivity contribution in [3.8, 4) is 5.75 Å². The van der Waals surface area contributed by atoms with E-state index in [1.54, 1.807) is 0 Å². The Morgan fingerprint density at radius 1 is 1.10 bits per heavy atom. The number of benzene rings is 2. The predicted octanol–water partition coefficient (Wildman–Crippen LogP) is 3.14. The summed E-state index contributed by atoms with van der Waals surface area (Å²) in [6.45, 7) is 0. The fourth-order valence-electron chi connectivity index (χ4n) is 1.69. The van der Waals surface area contributed by atoms with Gasteiger partial charge in [-0.2, -0.15) is 0 Å². The molecule has 21 heavy (non-hydrogen) atoms. The van der Waals surface area contributed by atoms with Crippen molar-refractivity contribution in [3.63, 3.8) is 0 Å². The Hall–Kier alpha value is -2.60. The van der Waals surface area contributed by atoms with Crippen LogP contribution in [0.1, 0.15) is 20.7 Å². The van der Waals surface area contributed by atoms with Gasteiger partial charge in [-0.1, -0.05) is 11.6 Å². The molecule has 3 N–H and O–H groups in total. The summed E-state index contributed by atoms with van der Waals surface area (Å²) in [7, 11) is 0. The van der Waals surface area contributed by atoms with E-state index in [4.69, 9.17) is 16.7 Å². The first-order valence-corrected chi connectivity index (χ1v) is 6.09. The molecule has 0 aromatic heterocycles. The highest BCUT2D eigenvalue weighted by molar-refractivity contribution is 6.31. The largest absolute Gasteiger partial charge is 0.507 e. The number of hydrogen-bond acceptors (Lipinski definition) is 3. The van der Waals surface area contributed by atoms with E-state index in [0.717, 1.165) is 18.2 Å². The number of anilines is 1. The quantitative estimate of drug-likeness (QED) is 0.813. The number of carboxylic acid groups (broad SMARTS) is 1. The van der Waals surface area contributed by atoms with Crippen molar-refractivity contribution in [1.29, 1.82) is 0 Å². The molecule has 0 saturated carbocycles. The highest BCUT2D eigenvalue weighted by Crippen LogP contribution is 2.24. The molecule has 0 aliphatic rings. The number of amides is 1. The molecular weight excluding hydrogens is 301 g/mol. The van der Waals surface area contributed by atoms with Crippen LogP contribution in [0.3, 0.4) is 0 Å². The molecule has 0 aliphatic heterocycles. The Balaban J connectivity index is 2.35. The summed E-state index contributed by atoms with van der Waals surface area (Å²) in [6, 6.07) is 6.75. The third kappa shape index (κ3) is 3.29. The number of phenolic OH excluding ortho intramolecular Hbond substituents is 1. The predicted molar refractivity (Wildman–Crippen MR) is 74.4 cm³/mol. The summed E-state index contributed by atoms with van der Waals surface area (Å²) in [5.74, 6) is -3.27. The summed E-state index contributed by atoms with van der Waals surface area (Å²) in [4.78, 5) is 23.1. The van der Waals surface area contributed by atoms with Gasteiger partial charge in [0, 0.05) is 11.1 Å². The van der Waals surface area contributed by atoms with Gasteiger partial charge in [0.2, 0.25) is 0 Å². The molecule has 2 aromatic carbocycles. The Kier molecular flexibility index (Phi) is 4.09. The Labute approximate surface area is 123 Å². The minimum atomic E-state index is -1.25. The van der Waals surface area contributed by atoms with Crippen LogP contribution >= 0.6 is 11.6 Å². The third-order valence-corrected chi connectivity index (χ3v) is 2.90. The minimum absolute atomic E-state index is 0.0243. The summed E-state index contributed by atoms with van der Waals surface area (Å²) in [5, 5.41) is 21.1. The Morgan fingerprint density at radius 2 is 1.76 bits per heavy atom. The lowest BCUT2D eigenvalue weighted by Gasteiger charge is -2.10. The summed E-state index contributed by atoms with van der Waals surface area (Å²) < 4.78 is 12.9. The summed E-state index contributed by atoms with van der Waals surface area (Å²) in [5.41, 5.74) is -0.370. The Morgan fingerprint density at radius 3 is 2.38 bits per heavy atom. The van der Waals surface area contributed by atoms with Crippen LogP contribution in [0, 0.1) is 5.82 Å². The molecule has 2 aromatic rings. The van der Waals surface area contributed by atoms with Gasteiger partial charge in [0.15, 0.2) is 0 Å². The fourth-order valence-corrected chi connectivity index (χ4v) is 1.86. The van der Waals surface area contributed by atoms with Crippen molar-refractivity contribution >= 4 is 29.2 Å². The number of nitrogens with one attached hydrogen (secondary N) is 1. The zero-order valence-corrected chi connectivity index (χ0v) is 11.2. The molecule has 0 radical (unpaired) electrons. The first-order chi connectivity index (χ1) is 9.88. The molecule has 5 nitrogen and oxygen atoms in total. The lowest BCUT2D eigenvalue weighted by Crippen LogP contribution is -2.15. The van der Waals surface area contributed by atoms with E-state index < -0.39 is 23.4 Å². The number of carbonyl (C=O) groups excluding carboxylic acids is 1. The molecule has 0 aliphatic carbocycles. The van der Waals surface area contributed by atoms with E-state index in [9.17, 15) is 19.1 Å². The number of hydrogen-bond donors (Lipinski definition) is 3. The van der Waals surface area contributed by atoms with Gasteiger partial charge in [0.05, 0.1) is 16.8 Å². The van der Waals surface area contributed by atoms with E-state index in [1.165, 1.54) is 18.2 Å². The number of phenols is 1. The van der Waals surface area contributed by atoms with Crippen LogP contribution in [-0.4, -0.2) is 22.1 Å². The molecule has 108 valence electrons. The standard InChI is InChI=1S/C14H9ClFNO4/c15-7-1-3-9(14(20)21)11(5-7)17-13(19)10-4-2-8(16)6-12(10)18/h1-6,18H,(H,17,19)(H,20,21). The lowest BCUT2D eigenvalue weighted by atomic mass is 10.1. The summed E-state index contributed by atoms with van der Waals surface area (Å²) >= 11 is 5.76. The molecule has 0 spiro atoms. The van der Waals surface area contributed by atoms with Gasteiger partial charge in [0.1, 0.15) is 11.6 Å². The normalized spacial score (nSPS) is 10.2. The number of aromatic hydroxyl groups is 1. The lowest BCUT2D eigenvalue weighted by molar-refractivity contribution is 0.0698. The number of aromatic carboxylic acids is 1. The molecule has 2 rings (SSSR count). The van der Waals surface area contributed by atoms with Gasteiger partial charge in [-0.05, 0) is 30.3 Å². The van der Waals surface area contributed by atoms with Gasteiger partial charge in [0.25, 0.3) is 5.91 Å². The smallest absolute Gasteiger partial charge is 0.337 e. The van der Waals surface area contributed by atoms with Crippen LogP contribution in [0.2, 0.25) is 5.02 Å². The number of halogens is 2. The fraction of sp³-hybridized carbons (Fsp3) is 0. The number of carboxylic acids is 1. The second-order valence-electron chi connectivity index (χ2n) is 4.11. The molecule has 0 unspecified atom stereocenters. The highest BCUT2D eigenvalue weighted by atomic mass is 35.5. The topological polar surface area (TPSA) is 86.6 Å². The van der Waals surface area contributed by atoms with Gasteiger partial charge >= 0.3 is 5.97 Å². The van der Waals surface area contributed by atoms with E-state index in [2.05, 4.69) is 5.32 Å². The maximum atomic E-state index is 12.9. The van der Waals surface area contributed by atoms with Crippen LogP contribution in [0.15, 0.2) is 36.4 Å². The van der Waals surface area contributed by atoms with Crippen molar-refractivity contribution < 1.29 is 24.2 Å². The molecule has 0 saturated heterocycles. The second kappa shape index (κ2) is 5.80. The molecule has 0 atom stereocenters. The highest BCUT2D eigenvalue weighted by Gasteiger charge is 2.16. The van der Waals surface area contributed by atoms with E-state index in [1.807, 2.05) is 0 Å². The molecule has 0 heterocycles. The molecule has 7 heteroatoms. The minimum Gasteiger partial charge on any atom is -0.507 e. The monoisotopic (exact) mass is 309 g/mol. The zero-order chi connectivity index (χ0) is 15.6. The van der Waals surface area contributed by atoms with Crippen molar-refractivity contribution in [2.45, 2.75) is 0 Å². The molecular formula is C14H9ClFNO4. The Bertz CT molecular complexity index is 733. The first kappa shape index (κ1) is 14.8. The van der Waals surface area contributed by atoms with E-state index >= 15 is 0 Å². The zero-order valence-electron chi connectivity index (χ0n) is 10.4. The van der Waals surface area contributed by atoms with Gasteiger partial charge in [-0.15, -0.1) is 0 Å². The second-order valence-corrected chi connectivity index (χ2v) is 4.55. The first-order valence-electron chi connectivity index (χ1n) is 5.71. The van der Waals surface area contributed by atoms with Gasteiger partial charge < -0.3 is 15.5 Å². The number of rotatable bonds is 3. The van der Waals surface area contributed by atoms with Crippen molar-refractivity contribution in [2.24, 2.45) is 0 Å². The molecule has 1 amide bonds. The maximum absolute atomic E-state index is 12.9. The van der Waals surface area contributed by atoms with Crippen LogP contribution in [0.5, 0.6) is 5.75 Å². The van der Waals surface area contributed by atoms with Crippen LogP contribution in [-0.2, 0) is 0 Å². The summed E-state index contributed by atoms with van der Waals surface area (Å²) in [6.07, 6.45) is 0. The van der Waals surface area contributed by atoms with Gasteiger partial charge in [-0.25, -0.2) is 9.18 Å². The maximum Gasteiger partial charge on any atom is 0.337 e. The van der Waals surface area contributed by atoms with Crippen molar-refractivity contribution in [3.05, 3.63) is 58.4 Å². The third-order valence-electron chi connectivity index (χ3n) is 2.66. The van der Waals surface area contributed by atoms with Gasteiger partial charge in [-0.3, -0.25) is 4.79 Å². The average Bonchev–Trinajstić information content (AvgIpc) is 2.37. The number of carbonyl (C=O) groups is 2. The average molecular weight is 310 g/mol. The van der Waals surface area contributed by atoms with Crippen LogP contribution in [0.4, 0.5) is 10.1 Å². The van der Waals surface area contributed by atoms with E-state index in [-0.39, 0.29) is 21.8 Å². The molecule has 0 bridgehead atoms. The SMILES string of the molecule is O=C(Nc1cc(Cl)ccc1C(=O)O)c1ccc(F)cc1O. The molecule has 0 fully saturated rings. The van der Waals surface area contributed by atoms with Crippen LogP contribution in [0.25, 0.3) is 0 Å². The van der Waals surface area contributed by atoms with E-state index in [0.29, 0.717) is 0 Å². The van der Waals surface area contributed by atoms with Crippen molar-refractivity contribution in [1.82, 2.24) is 0 Å².